The number of hydrogen-bond donors (Lipinski definition) is 5. The Bertz CT molecular complexity index is 404. The first-order valence-corrected chi connectivity index (χ1v) is 7.22. The maximum absolute atomic E-state index is 10.6. The molecule has 0 heterocycles. The van der Waals surface area contributed by atoms with Crippen LogP contribution in [0.5, 0.6) is 0 Å². The van der Waals surface area contributed by atoms with Gasteiger partial charge in [0.25, 0.3) is 0 Å². The van der Waals surface area contributed by atoms with E-state index in [9.17, 15) is 19.2 Å². The summed E-state index contributed by atoms with van der Waals surface area (Å²) in [5, 5.41) is 34.5. The van der Waals surface area contributed by atoms with E-state index in [0.717, 1.165) is 9.80 Å². The van der Waals surface area contributed by atoms with Crippen LogP contribution in [0.3, 0.4) is 0 Å². The summed E-state index contributed by atoms with van der Waals surface area (Å²) < 4.78 is 8.59. The van der Waals surface area contributed by atoms with E-state index in [2.05, 4.69) is 0 Å². The average molecular weight is 395 g/mol. The van der Waals surface area contributed by atoms with Crippen molar-refractivity contribution in [3.05, 3.63) is 0 Å². The summed E-state index contributed by atoms with van der Waals surface area (Å²) in [4.78, 5) is 60.0. The van der Waals surface area contributed by atoms with Gasteiger partial charge in [-0.25, -0.2) is 0 Å². The summed E-state index contributed by atoms with van der Waals surface area (Å²) in [6.45, 7) is -2.25. The van der Waals surface area contributed by atoms with Gasteiger partial charge < -0.3 is 25.3 Å². The summed E-state index contributed by atoms with van der Waals surface area (Å²) in [6.07, 6.45) is 0. The molecule has 25 heavy (non-hydrogen) atoms. The topological polar surface area (TPSA) is 216 Å². The Balaban J connectivity index is -0.000000867. The van der Waals surface area contributed by atoms with Gasteiger partial charge in [0.15, 0.2) is 0 Å². The Morgan fingerprint density at radius 3 is 1.00 bits per heavy atom. The molecule has 0 rings (SSSR count). The van der Waals surface area contributed by atoms with Gasteiger partial charge in [0.2, 0.25) is 0 Å². The largest absolute Gasteiger partial charge is 1.00 e. The number of aliphatic carboxylic acids is 4. The zero-order chi connectivity index (χ0) is 19.3. The first-order valence-electron chi connectivity index (χ1n) is 6.09. The van der Waals surface area contributed by atoms with E-state index in [-0.39, 0.29) is 42.6 Å². The first kappa shape index (κ1) is 28.6. The molecule has 0 aliphatic rings. The van der Waals surface area contributed by atoms with Crippen LogP contribution in [0, 0.1) is 0 Å². The van der Waals surface area contributed by atoms with Crippen molar-refractivity contribution in [1.29, 1.82) is 0 Å². The van der Waals surface area contributed by atoms with Crippen LogP contribution in [0.15, 0.2) is 0 Å². The third kappa shape index (κ3) is 25.2. The second-order valence-electron chi connectivity index (χ2n) is 4.23. The van der Waals surface area contributed by atoms with Gasteiger partial charge in [-0.15, -0.1) is 0 Å². The molecule has 0 saturated carbocycles. The molecule has 1 atom stereocenters. The fraction of sp³-hybridized carbons (Fsp3) is 0.600. The van der Waals surface area contributed by atoms with Crippen molar-refractivity contribution in [2.75, 3.05) is 39.3 Å². The van der Waals surface area contributed by atoms with Crippen molar-refractivity contribution in [1.82, 2.24) is 9.80 Å². The van der Waals surface area contributed by atoms with E-state index in [1.165, 1.54) is 0 Å². The zero-order valence-electron chi connectivity index (χ0n) is 13.3. The number of rotatable bonds is 11. The molecule has 0 aromatic heterocycles. The van der Waals surface area contributed by atoms with E-state index < -0.39 is 58.3 Å². The van der Waals surface area contributed by atoms with Crippen molar-refractivity contribution >= 4 is 32.1 Å². The number of carboxylic acids is 4. The van der Waals surface area contributed by atoms with Gasteiger partial charge in [0.1, 0.15) is 0 Å². The molecule has 0 bridgehead atoms. The van der Waals surface area contributed by atoms with Crippen molar-refractivity contribution in [3.63, 3.8) is 0 Å². The van der Waals surface area contributed by atoms with Crippen LogP contribution in [0.25, 0.3) is 0 Å². The normalized spacial score (nSPS) is 10.3. The Labute approximate surface area is 164 Å². The predicted molar refractivity (Wildman–Crippen MR) is 73.2 cm³/mol. The third-order valence-corrected chi connectivity index (χ3v) is 2.17. The molecule has 0 aliphatic heterocycles. The summed E-state index contributed by atoms with van der Waals surface area (Å²) >= 11 is 0. The van der Waals surface area contributed by atoms with Gasteiger partial charge in [-0.3, -0.25) is 29.0 Å². The second kappa shape index (κ2) is 16.3. The Kier molecular flexibility index (Phi) is 18.7. The molecule has 15 heteroatoms. The summed E-state index contributed by atoms with van der Waals surface area (Å²) in [5.41, 5.74) is 0. The van der Waals surface area contributed by atoms with E-state index in [0.29, 0.717) is 0 Å². The molecule has 13 nitrogen and oxygen atoms in total. The Morgan fingerprint density at radius 1 is 0.720 bits per heavy atom. The van der Waals surface area contributed by atoms with E-state index in [4.69, 9.17) is 34.8 Å². The quantitative estimate of drug-likeness (QED) is 0.163. The summed E-state index contributed by atoms with van der Waals surface area (Å²) in [7, 11) is -3.12. The molecule has 5 N–H and O–H groups in total. The number of nitrogens with zero attached hydrogens (tertiary/aromatic N) is 2. The van der Waals surface area contributed by atoms with Crippen molar-refractivity contribution < 1.29 is 83.5 Å². The molecular formula is C10H17N2NaO11P+. The summed E-state index contributed by atoms with van der Waals surface area (Å²) in [5.74, 6) is -4.91. The van der Waals surface area contributed by atoms with Gasteiger partial charge in [-0.2, -0.15) is 4.89 Å². The standard InChI is InChI=1S/C10H16N2O8.Na.HO3P/c13-7(14)3-11(4-8(15)16)1-2-12(5-9(17)18)6-10(19)20;;1-4(2)3/h1-6H2,(H,13,14)(H,15,16)(H,17,18)(H,19,20);;(H,1,2,3)/q;+1;. The fourth-order valence-corrected chi connectivity index (χ4v) is 1.48. The zero-order valence-corrected chi connectivity index (χ0v) is 16.2. The van der Waals surface area contributed by atoms with Crippen LogP contribution in [-0.2, 0) is 23.7 Å². The van der Waals surface area contributed by atoms with E-state index >= 15 is 0 Å². The maximum atomic E-state index is 10.6. The first-order chi connectivity index (χ1) is 10.9. The average Bonchev–Trinajstić information content (AvgIpc) is 2.32. The fourth-order valence-electron chi connectivity index (χ4n) is 1.48. The molecule has 0 fully saturated rings. The third-order valence-electron chi connectivity index (χ3n) is 2.17. The van der Waals surface area contributed by atoms with Gasteiger partial charge in [-0.05, 0) is 4.57 Å². The van der Waals surface area contributed by atoms with Crippen LogP contribution in [0.2, 0.25) is 0 Å². The Hall–Kier alpha value is -1.18. The molecule has 0 saturated heterocycles. The van der Waals surface area contributed by atoms with Gasteiger partial charge in [0, 0.05) is 13.1 Å². The van der Waals surface area contributed by atoms with Gasteiger partial charge in [-0.1, -0.05) is 0 Å². The molecule has 0 spiro atoms. The van der Waals surface area contributed by atoms with E-state index in [1.54, 1.807) is 0 Å². The van der Waals surface area contributed by atoms with Crippen LogP contribution in [0.1, 0.15) is 0 Å². The van der Waals surface area contributed by atoms with Crippen molar-refractivity contribution in [2.45, 2.75) is 0 Å². The molecule has 0 aliphatic carbocycles. The number of carboxylic acid groups (broad SMARTS) is 4. The van der Waals surface area contributed by atoms with Crippen molar-refractivity contribution in [3.8, 4) is 0 Å². The number of hydrogen-bond acceptors (Lipinski definition) is 8. The van der Waals surface area contributed by atoms with Crippen LogP contribution < -0.4 is 34.5 Å². The monoisotopic (exact) mass is 395 g/mol. The minimum Gasteiger partial charge on any atom is -0.567 e. The van der Waals surface area contributed by atoms with Crippen LogP contribution in [0.4, 0.5) is 0 Å². The minimum atomic E-state index is -3.12. The predicted octanol–water partition coefficient (Wildman–Crippen LogP) is -6.07. The second-order valence-corrected chi connectivity index (χ2v) is 4.71. The van der Waals surface area contributed by atoms with Gasteiger partial charge in [0.05, 0.1) is 26.2 Å². The van der Waals surface area contributed by atoms with Gasteiger partial charge >= 0.3 is 61.7 Å². The van der Waals surface area contributed by atoms with Crippen LogP contribution >= 0.6 is 8.25 Å². The Morgan fingerprint density at radius 2 is 0.880 bits per heavy atom. The molecule has 0 radical (unpaired) electrons. The summed E-state index contributed by atoms with van der Waals surface area (Å²) in [6, 6.07) is 0. The molecule has 138 valence electrons. The molecule has 0 amide bonds. The number of carbonyl (C=O) groups is 4. The van der Waals surface area contributed by atoms with Crippen LogP contribution in [-0.4, -0.2) is 98.3 Å². The molecular weight excluding hydrogens is 378 g/mol. The van der Waals surface area contributed by atoms with Crippen molar-refractivity contribution in [2.24, 2.45) is 0 Å². The maximum Gasteiger partial charge on any atom is 1.00 e. The smallest absolute Gasteiger partial charge is 0.567 e. The minimum absolute atomic E-state index is 0. The molecule has 1 unspecified atom stereocenters. The molecule has 0 aromatic rings. The van der Waals surface area contributed by atoms with E-state index in [1.807, 2.05) is 0 Å². The SMILES string of the molecule is O=C(O)CN(CCN(CC(=O)O)CC(=O)O)CC(=O)O.O=[P+]([O-])O.[Na+]. The molecule has 0 aromatic carbocycles.